The molecule has 2 aromatic carbocycles. The van der Waals surface area contributed by atoms with Crippen molar-refractivity contribution in [2.24, 2.45) is 0 Å². The zero-order valence-corrected chi connectivity index (χ0v) is 23.1. The number of amides is 1. The molecule has 1 fully saturated rings. The van der Waals surface area contributed by atoms with Crippen molar-refractivity contribution in [2.75, 3.05) is 14.2 Å². The fraction of sp³-hybridized carbons (Fsp3) is 0.333. The Morgan fingerprint density at radius 3 is 2.38 bits per heavy atom. The van der Waals surface area contributed by atoms with Crippen LogP contribution in [0.4, 0.5) is 13.2 Å². The number of ether oxygens (including phenoxy) is 1. The molecule has 1 aliphatic carbocycles. The maximum atomic E-state index is 14.1. The molecule has 0 saturated heterocycles. The van der Waals surface area contributed by atoms with Crippen LogP contribution in [0, 0.1) is 24.5 Å². The van der Waals surface area contributed by atoms with Gasteiger partial charge in [-0.1, -0.05) is 25.3 Å². The van der Waals surface area contributed by atoms with Crippen LogP contribution < -0.4 is 15.4 Å². The summed E-state index contributed by atoms with van der Waals surface area (Å²) in [4.78, 5) is 16.6. The van der Waals surface area contributed by atoms with E-state index in [1.807, 2.05) is 0 Å². The number of pyridine rings is 1. The molecule has 5 rings (SSSR count). The smallest absolute Gasteiger partial charge is 0.261 e. The Morgan fingerprint density at radius 1 is 1.03 bits per heavy atom. The molecule has 0 atom stereocenters. The molecular weight excluding hydrogens is 523 g/mol. The lowest BCUT2D eigenvalue weighted by molar-refractivity contribution is 0.0954. The summed E-state index contributed by atoms with van der Waals surface area (Å²) in [6.07, 6.45) is 8.50. The van der Waals surface area contributed by atoms with E-state index in [1.54, 1.807) is 31.2 Å². The number of hydrogen-bond donors (Lipinski definition) is 2. The van der Waals surface area contributed by atoms with Gasteiger partial charge in [-0.3, -0.25) is 4.79 Å². The second-order valence-electron chi connectivity index (χ2n) is 9.49. The van der Waals surface area contributed by atoms with Gasteiger partial charge in [0.25, 0.3) is 5.91 Å². The first-order valence-corrected chi connectivity index (χ1v) is 13.8. The molecule has 1 amide bonds. The number of nitrogens with one attached hydrogen (secondary N) is 2. The minimum absolute atomic E-state index is 0.113. The summed E-state index contributed by atoms with van der Waals surface area (Å²) in [5.41, 5.74) is 2.42. The summed E-state index contributed by atoms with van der Waals surface area (Å²) >= 11 is 0.913. The fourth-order valence-electron chi connectivity index (χ4n) is 4.82. The molecule has 4 aromatic rings. The number of aryl methyl sites for hydroxylation is 1. The SMILES string of the molecule is CNC1CCCCC1.COc1ccc(-c2ccnc(F)c2)cc1CNC(=O)c1sc2c(F)ccc(F)c2c1C. The standard InChI is InChI=1S/C23H17F3N2O2S.C7H15N/c1-12-20-16(24)4-5-17(25)22(20)31-21(12)23(29)28-11-15-9-13(3-6-18(15)30-2)14-7-8-27-19(26)10-14;1-8-7-5-3-2-4-6-7/h3-10H,11H2,1-2H3,(H,28,29);7-8H,2-6H2,1H3. The average Bonchev–Trinajstić information content (AvgIpc) is 3.32. The van der Waals surface area contributed by atoms with Gasteiger partial charge >= 0.3 is 0 Å². The van der Waals surface area contributed by atoms with Crippen LogP contribution in [0.3, 0.4) is 0 Å². The summed E-state index contributed by atoms with van der Waals surface area (Å²) in [5.74, 6) is -1.63. The number of hydrogen-bond acceptors (Lipinski definition) is 5. The van der Waals surface area contributed by atoms with Crippen molar-refractivity contribution in [3.63, 3.8) is 0 Å². The Balaban J connectivity index is 0.000000379. The summed E-state index contributed by atoms with van der Waals surface area (Å²) in [7, 11) is 3.57. The van der Waals surface area contributed by atoms with E-state index < -0.39 is 23.5 Å². The Hall–Kier alpha value is -3.43. The molecule has 5 nitrogen and oxygen atoms in total. The van der Waals surface area contributed by atoms with E-state index in [2.05, 4.69) is 22.7 Å². The second-order valence-corrected chi connectivity index (χ2v) is 10.5. The van der Waals surface area contributed by atoms with E-state index in [4.69, 9.17) is 4.74 Å². The molecule has 0 radical (unpaired) electrons. The number of benzene rings is 2. The number of halogens is 3. The van der Waals surface area contributed by atoms with Crippen LogP contribution in [-0.2, 0) is 6.54 Å². The molecule has 2 N–H and O–H groups in total. The Labute approximate surface area is 230 Å². The van der Waals surface area contributed by atoms with Crippen molar-refractivity contribution in [1.82, 2.24) is 15.6 Å². The highest BCUT2D eigenvalue weighted by atomic mass is 32.1. The largest absolute Gasteiger partial charge is 0.496 e. The predicted octanol–water partition coefficient (Wildman–Crippen LogP) is 7.17. The van der Waals surface area contributed by atoms with Crippen LogP contribution in [0.5, 0.6) is 5.75 Å². The highest BCUT2D eigenvalue weighted by Gasteiger charge is 2.20. The number of fused-ring (bicyclic) bond motifs is 1. The van der Waals surface area contributed by atoms with Crippen molar-refractivity contribution >= 4 is 27.3 Å². The third kappa shape index (κ3) is 6.78. The van der Waals surface area contributed by atoms with Gasteiger partial charge in [0.2, 0.25) is 5.95 Å². The van der Waals surface area contributed by atoms with Crippen LogP contribution in [0.2, 0.25) is 0 Å². The van der Waals surface area contributed by atoms with Crippen molar-refractivity contribution in [3.05, 3.63) is 82.2 Å². The van der Waals surface area contributed by atoms with Gasteiger partial charge in [0.15, 0.2) is 0 Å². The summed E-state index contributed by atoms with van der Waals surface area (Å²) in [5, 5.41) is 6.20. The monoisotopic (exact) mass is 555 g/mol. The molecule has 1 saturated carbocycles. The predicted molar refractivity (Wildman–Crippen MR) is 150 cm³/mol. The number of rotatable bonds is 6. The number of nitrogens with zero attached hydrogens (tertiary/aromatic N) is 1. The zero-order chi connectivity index (χ0) is 27.9. The van der Waals surface area contributed by atoms with E-state index in [0.717, 1.165) is 35.1 Å². The first kappa shape index (κ1) is 28.6. The molecule has 0 unspecified atom stereocenters. The van der Waals surface area contributed by atoms with Crippen LogP contribution in [-0.4, -0.2) is 31.1 Å². The molecule has 9 heteroatoms. The van der Waals surface area contributed by atoms with Crippen LogP contribution in [0.25, 0.3) is 21.2 Å². The number of carbonyl (C=O) groups excluding carboxylic acids is 1. The van der Waals surface area contributed by atoms with Crippen LogP contribution in [0.1, 0.15) is 52.9 Å². The minimum Gasteiger partial charge on any atom is -0.496 e. The van der Waals surface area contributed by atoms with Crippen molar-refractivity contribution in [3.8, 4) is 16.9 Å². The third-order valence-corrected chi connectivity index (χ3v) is 8.28. The van der Waals surface area contributed by atoms with Gasteiger partial charge in [0, 0.05) is 35.8 Å². The maximum absolute atomic E-state index is 14.1. The van der Waals surface area contributed by atoms with Gasteiger partial charge in [-0.15, -0.1) is 11.3 Å². The van der Waals surface area contributed by atoms with Crippen molar-refractivity contribution < 1.29 is 22.7 Å². The van der Waals surface area contributed by atoms with E-state index >= 15 is 0 Å². The maximum Gasteiger partial charge on any atom is 0.261 e. The first-order chi connectivity index (χ1) is 18.8. The van der Waals surface area contributed by atoms with E-state index in [1.165, 1.54) is 51.5 Å². The third-order valence-electron chi connectivity index (χ3n) is 6.98. The highest BCUT2D eigenvalue weighted by molar-refractivity contribution is 7.21. The van der Waals surface area contributed by atoms with Gasteiger partial charge in [0.1, 0.15) is 17.4 Å². The topological polar surface area (TPSA) is 63.2 Å². The van der Waals surface area contributed by atoms with Gasteiger partial charge < -0.3 is 15.4 Å². The first-order valence-electron chi connectivity index (χ1n) is 12.9. The van der Waals surface area contributed by atoms with Gasteiger partial charge in [-0.05, 0) is 73.8 Å². The molecule has 39 heavy (non-hydrogen) atoms. The summed E-state index contributed by atoms with van der Waals surface area (Å²) in [6.45, 7) is 1.71. The average molecular weight is 556 g/mol. The van der Waals surface area contributed by atoms with Gasteiger partial charge in [-0.2, -0.15) is 4.39 Å². The molecule has 0 spiro atoms. The minimum atomic E-state index is -0.595. The van der Waals surface area contributed by atoms with E-state index in [0.29, 0.717) is 22.4 Å². The Morgan fingerprint density at radius 2 is 1.74 bits per heavy atom. The Kier molecular flexibility index (Phi) is 9.59. The quantitative estimate of drug-likeness (QED) is 0.248. The van der Waals surface area contributed by atoms with Crippen molar-refractivity contribution in [1.29, 1.82) is 0 Å². The highest BCUT2D eigenvalue weighted by Crippen LogP contribution is 2.35. The lowest BCUT2D eigenvalue weighted by Crippen LogP contribution is -2.26. The van der Waals surface area contributed by atoms with E-state index in [-0.39, 0.29) is 21.5 Å². The van der Waals surface area contributed by atoms with Gasteiger partial charge in [0.05, 0.1) is 16.7 Å². The molecule has 0 bridgehead atoms. The molecule has 206 valence electrons. The molecular formula is C30H32F3N3O2S. The lowest BCUT2D eigenvalue weighted by Gasteiger charge is -2.20. The number of aromatic nitrogens is 1. The normalized spacial score (nSPS) is 13.6. The van der Waals surface area contributed by atoms with Crippen LogP contribution in [0.15, 0.2) is 48.7 Å². The van der Waals surface area contributed by atoms with E-state index in [9.17, 15) is 18.0 Å². The molecule has 2 heterocycles. The fourth-order valence-corrected chi connectivity index (χ4v) is 5.96. The second kappa shape index (κ2) is 13.1. The lowest BCUT2D eigenvalue weighted by atomic mass is 9.96. The number of carbonyl (C=O) groups is 1. The van der Waals surface area contributed by atoms with Crippen LogP contribution >= 0.6 is 11.3 Å². The Bertz CT molecular complexity index is 1450. The number of thiophene rings is 1. The van der Waals surface area contributed by atoms with Crippen molar-refractivity contribution in [2.45, 2.75) is 51.6 Å². The summed E-state index contributed by atoms with van der Waals surface area (Å²) in [6, 6.07) is 11.2. The molecule has 0 aliphatic heterocycles. The molecule has 1 aliphatic rings. The summed E-state index contributed by atoms with van der Waals surface area (Å²) < 4.78 is 47.2. The molecule has 2 aromatic heterocycles. The number of methoxy groups -OCH3 is 1. The van der Waals surface area contributed by atoms with Gasteiger partial charge in [-0.25, -0.2) is 13.8 Å². The zero-order valence-electron chi connectivity index (χ0n) is 22.2.